The summed E-state index contributed by atoms with van der Waals surface area (Å²) < 4.78 is 2.31. The van der Waals surface area contributed by atoms with Gasteiger partial charge in [-0.25, -0.2) is 4.98 Å². The van der Waals surface area contributed by atoms with E-state index in [2.05, 4.69) is 51.3 Å². The average Bonchev–Trinajstić information content (AvgIpc) is 3.17. The van der Waals surface area contributed by atoms with Crippen molar-refractivity contribution >= 4 is 51.2 Å². The number of hydrogen-bond donors (Lipinski definition) is 0. The first-order valence-electron chi connectivity index (χ1n) is 11.1. The largest absolute Gasteiger partial charge is 0.303 e. The summed E-state index contributed by atoms with van der Waals surface area (Å²) in [5.41, 5.74) is 3.04. The molecule has 1 aromatic carbocycles. The van der Waals surface area contributed by atoms with Gasteiger partial charge in [0, 0.05) is 35.4 Å². The van der Waals surface area contributed by atoms with E-state index in [0.717, 1.165) is 35.2 Å². The van der Waals surface area contributed by atoms with Gasteiger partial charge >= 0.3 is 0 Å². The van der Waals surface area contributed by atoms with Crippen LogP contribution in [-0.2, 0) is 23.4 Å². The van der Waals surface area contributed by atoms with Crippen LogP contribution in [0.25, 0.3) is 0 Å². The van der Waals surface area contributed by atoms with Gasteiger partial charge in [-0.1, -0.05) is 36.9 Å². The van der Waals surface area contributed by atoms with Crippen LogP contribution >= 0.6 is 34.4 Å². The van der Waals surface area contributed by atoms with Crippen molar-refractivity contribution in [2.24, 2.45) is 0 Å². The number of hydrogen-bond acceptors (Lipinski definition) is 7. The summed E-state index contributed by atoms with van der Waals surface area (Å²) in [6.07, 6.45) is 4.18. The fourth-order valence-electron chi connectivity index (χ4n) is 3.71. The molecule has 170 valence electrons. The van der Waals surface area contributed by atoms with E-state index in [-0.39, 0.29) is 5.91 Å². The lowest BCUT2D eigenvalue weighted by Gasteiger charge is -2.18. The summed E-state index contributed by atoms with van der Waals surface area (Å²) in [6.45, 7) is 3.70. The second kappa shape index (κ2) is 9.79. The third kappa shape index (κ3) is 5.05. The number of aromatic nitrogens is 4. The number of thiazole rings is 1. The molecule has 4 aromatic rings. The van der Waals surface area contributed by atoms with E-state index in [1.54, 1.807) is 34.9 Å². The van der Waals surface area contributed by atoms with E-state index in [4.69, 9.17) is 4.98 Å². The van der Waals surface area contributed by atoms with Crippen molar-refractivity contribution in [3.05, 3.63) is 69.1 Å². The molecule has 9 heteroatoms. The van der Waals surface area contributed by atoms with Crippen LogP contribution in [0.2, 0.25) is 0 Å². The van der Waals surface area contributed by atoms with E-state index in [1.165, 1.54) is 34.6 Å². The monoisotopic (exact) mass is 495 g/mol. The lowest BCUT2D eigenvalue weighted by Crippen LogP contribution is -2.22. The average molecular weight is 496 g/mol. The molecule has 3 aromatic heterocycles. The maximum Gasteiger partial charge on any atom is 0.230 e. The van der Waals surface area contributed by atoms with E-state index in [0.29, 0.717) is 16.9 Å². The maximum absolute atomic E-state index is 12.4. The van der Waals surface area contributed by atoms with E-state index in [9.17, 15) is 4.79 Å². The van der Waals surface area contributed by atoms with Crippen LogP contribution < -0.4 is 4.90 Å². The van der Waals surface area contributed by atoms with E-state index < -0.39 is 0 Å². The quantitative estimate of drug-likeness (QED) is 0.256. The molecule has 1 saturated carbocycles. The first-order valence-corrected chi connectivity index (χ1v) is 13.8. The highest BCUT2D eigenvalue weighted by Gasteiger charge is 2.30. The number of amides is 1. The molecule has 1 aliphatic carbocycles. The third-order valence-electron chi connectivity index (χ3n) is 5.56. The Labute approximate surface area is 205 Å². The first-order chi connectivity index (χ1) is 16.1. The summed E-state index contributed by atoms with van der Waals surface area (Å²) in [6, 6.07) is 12.9. The highest BCUT2D eigenvalue weighted by molar-refractivity contribution is 7.98. The van der Waals surface area contributed by atoms with Crippen LogP contribution in [0.15, 0.2) is 52.3 Å². The third-order valence-corrected chi connectivity index (χ3v) is 8.28. The number of carbonyl (C=O) groups excluding carboxylic acids is 1. The fraction of sp³-hybridized carbons (Fsp3) is 0.333. The van der Waals surface area contributed by atoms with Gasteiger partial charge in [0.15, 0.2) is 10.3 Å². The van der Waals surface area contributed by atoms with Crippen molar-refractivity contribution in [1.29, 1.82) is 0 Å². The summed E-state index contributed by atoms with van der Waals surface area (Å²) in [4.78, 5) is 20.2. The summed E-state index contributed by atoms with van der Waals surface area (Å²) in [5.74, 6) is 1.69. The number of thiophene rings is 1. The number of thioether (sulfide) groups is 1. The predicted molar refractivity (Wildman–Crippen MR) is 136 cm³/mol. The number of anilines is 2. The molecule has 5 rings (SSSR count). The topological polar surface area (TPSA) is 63.9 Å². The summed E-state index contributed by atoms with van der Waals surface area (Å²) >= 11 is 4.92. The van der Waals surface area contributed by atoms with Gasteiger partial charge < -0.3 is 4.57 Å². The Morgan fingerprint density at radius 1 is 1.18 bits per heavy atom. The zero-order valence-electron chi connectivity index (χ0n) is 18.6. The molecule has 0 N–H and O–H groups in total. The fourth-order valence-corrected chi connectivity index (χ4v) is 6.32. The Bertz CT molecular complexity index is 1230. The summed E-state index contributed by atoms with van der Waals surface area (Å²) in [7, 11) is 0. The van der Waals surface area contributed by atoms with Crippen molar-refractivity contribution < 1.29 is 4.79 Å². The molecular weight excluding hydrogens is 470 g/mol. The van der Waals surface area contributed by atoms with E-state index in [1.807, 2.05) is 17.5 Å². The van der Waals surface area contributed by atoms with Crippen LogP contribution in [0.5, 0.6) is 0 Å². The minimum absolute atomic E-state index is 0.0421. The number of nitrogens with zero attached hydrogens (tertiary/aromatic N) is 5. The molecule has 6 nitrogen and oxygen atoms in total. The predicted octanol–water partition coefficient (Wildman–Crippen LogP) is 6.26. The van der Waals surface area contributed by atoms with Crippen molar-refractivity contribution in [3.8, 4) is 0 Å². The van der Waals surface area contributed by atoms with Gasteiger partial charge in [-0.2, -0.15) is 0 Å². The van der Waals surface area contributed by atoms with Crippen LogP contribution in [0, 0.1) is 0 Å². The van der Waals surface area contributed by atoms with Crippen molar-refractivity contribution in [1.82, 2.24) is 19.7 Å². The highest BCUT2D eigenvalue weighted by Crippen LogP contribution is 2.40. The summed E-state index contributed by atoms with van der Waals surface area (Å²) in [5, 5.41) is 14.8. The maximum atomic E-state index is 12.4. The van der Waals surface area contributed by atoms with Gasteiger partial charge in [0.05, 0.1) is 11.4 Å². The Hall–Kier alpha value is -2.49. The van der Waals surface area contributed by atoms with Gasteiger partial charge in [0.2, 0.25) is 5.91 Å². The van der Waals surface area contributed by atoms with Crippen molar-refractivity contribution in [3.63, 3.8) is 0 Å². The number of carbonyl (C=O) groups is 1. The van der Waals surface area contributed by atoms with Gasteiger partial charge in [-0.3, -0.25) is 9.69 Å². The Balaban J connectivity index is 1.31. The van der Waals surface area contributed by atoms with Crippen LogP contribution in [0.4, 0.5) is 10.8 Å². The Kier molecular flexibility index (Phi) is 6.62. The normalized spacial score (nSPS) is 13.4. The highest BCUT2D eigenvalue weighted by atomic mass is 32.2. The van der Waals surface area contributed by atoms with E-state index >= 15 is 0 Å². The number of rotatable bonds is 9. The molecule has 1 amide bonds. The van der Waals surface area contributed by atoms with Crippen LogP contribution in [0.3, 0.4) is 0 Å². The van der Waals surface area contributed by atoms with Gasteiger partial charge in [0.1, 0.15) is 5.82 Å². The molecule has 0 radical (unpaired) electrons. The molecular formula is C24H25N5OS3. The molecule has 0 bridgehead atoms. The zero-order chi connectivity index (χ0) is 22.8. The molecule has 0 unspecified atom stereocenters. The molecule has 0 spiro atoms. The first kappa shape index (κ1) is 22.3. The van der Waals surface area contributed by atoms with Crippen molar-refractivity contribution in [2.45, 2.75) is 56.5 Å². The standard InChI is InChI=1S/C24H25N5OS3/c1-3-17-6-8-19(9-7-17)28(16(2)30)23-25-18(14-32-23)15-33-24-27-26-22(29(24)20-10-11-20)13-21-5-4-12-31-21/h4-9,12,14,20H,3,10-11,13,15H2,1-2H3. The van der Waals surface area contributed by atoms with Crippen LogP contribution in [-0.4, -0.2) is 25.7 Å². The Morgan fingerprint density at radius 2 is 2.00 bits per heavy atom. The smallest absolute Gasteiger partial charge is 0.230 e. The van der Waals surface area contributed by atoms with Gasteiger partial charge in [0.25, 0.3) is 0 Å². The van der Waals surface area contributed by atoms with Gasteiger partial charge in [-0.05, 0) is 48.4 Å². The molecule has 0 aliphatic heterocycles. The second-order valence-electron chi connectivity index (χ2n) is 8.04. The lowest BCUT2D eigenvalue weighted by atomic mass is 10.1. The zero-order valence-corrected chi connectivity index (χ0v) is 21.1. The number of benzene rings is 1. The molecule has 3 heterocycles. The minimum atomic E-state index is -0.0421. The lowest BCUT2D eigenvalue weighted by molar-refractivity contribution is -0.115. The second-order valence-corrected chi connectivity index (χ2v) is 10.9. The molecule has 1 aliphatic rings. The minimum Gasteiger partial charge on any atom is -0.303 e. The molecule has 0 saturated heterocycles. The van der Waals surface area contributed by atoms with Gasteiger partial charge in [-0.15, -0.1) is 32.9 Å². The van der Waals surface area contributed by atoms with Crippen molar-refractivity contribution in [2.75, 3.05) is 4.90 Å². The SMILES string of the molecule is CCc1ccc(N(C(C)=O)c2nc(CSc3nnc(Cc4cccs4)n3C3CC3)cs2)cc1. The number of aryl methyl sites for hydroxylation is 1. The molecule has 0 atom stereocenters. The molecule has 33 heavy (non-hydrogen) atoms. The Morgan fingerprint density at radius 3 is 2.67 bits per heavy atom. The van der Waals surface area contributed by atoms with Crippen LogP contribution in [0.1, 0.15) is 54.7 Å². The molecule has 1 fully saturated rings.